The van der Waals surface area contributed by atoms with Gasteiger partial charge >= 0.3 is 6.03 Å². The van der Waals surface area contributed by atoms with Crippen molar-refractivity contribution in [3.8, 4) is 0 Å². The minimum absolute atomic E-state index is 0.0135. The number of aryl methyl sites for hydroxylation is 1. The monoisotopic (exact) mass is 391 g/mol. The van der Waals surface area contributed by atoms with Crippen molar-refractivity contribution in [2.45, 2.75) is 31.8 Å². The molecule has 1 fully saturated rings. The molecule has 3 aromatic rings. The molecule has 0 aliphatic carbocycles. The van der Waals surface area contributed by atoms with Crippen LogP contribution in [0.15, 0.2) is 65.3 Å². The first kappa shape index (κ1) is 19.1. The summed E-state index contributed by atoms with van der Waals surface area (Å²) in [7, 11) is 0. The molecular weight excluding hydrogens is 366 g/mol. The van der Waals surface area contributed by atoms with Gasteiger partial charge in [-0.05, 0) is 36.1 Å². The summed E-state index contributed by atoms with van der Waals surface area (Å²) in [4.78, 5) is 26.6. The molecule has 0 bridgehead atoms. The first-order valence-electron chi connectivity index (χ1n) is 10.0. The van der Waals surface area contributed by atoms with Gasteiger partial charge < -0.3 is 20.0 Å². The van der Waals surface area contributed by atoms with Crippen molar-refractivity contribution in [3.05, 3.63) is 72.0 Å². The molecule has 1 atom stereocenters. The molecule has 1 saturated heterocycles. The summed E-state index contributed by atoms with van der Waals surface area (Å²) in [6.07, 6.45) is 3.67. The van der Waals surface area contributed by atoms with E-state index in [0.717, 1.165) is 29.4 Å². The van der Waals surface area contributed by atoms with Gasteiger partial charge in [-0.15, -0.1) is 0 Å². The Hall–Kier alpha value is -3.28. The van der Waals surface area contributed by atoms with Crippen LogP contribution in [0.25, 0.3) is 11.0 Å². The highest BCUT2D eigenvalue weighted by atomic mass is 16.3. The number of benzene rings is 2. The van der Waals surface area contributed by atoms with Crippen molar-refractivity contribution in [1.29, 1.82) is 0 Å². The van der Waals surface area contributed by atoms with Gasteiger partial charge in [0.15, 0.2) is 0 Å². The molecule has 3 amide bonds. The molecule has 2 aromatic carbocycles. The highest BCUT2D eigenvalue weighted by molar-refractivity contribution is 5.82. The predicted octanol–water partition coefficient (Wildman–Crippen LogP) is 3.47. The molecule has 1 aliphatic heterocycles. The number of carbonyl (C=O) groups is 2. The molecule has 0 radical (unpaired) electrons. The number of hydrogen-bond acceptors (Lipinski definition) is 3. The molecule has 1 aromatic heterocycles. The Morgan fingerprint density at radius 2 is 1.93 bits per heavy atom. The highest BCUT2D eigenvalue weighted by Gasteiger charge is 2.27. The molecule has 29 heavy (non-hydrogen) atoms. The van der Waals surface area contributed by atoms with E-state index in [1.54, 1.807) is 6.26 Å². The first-order chi connectivity index (χ1) is 14.2. The van der Waals surface area contributed by atoms with Crippen LogP contribution in [0.2, 0.25) is 0 Å². The second kappa shape index (κ2) is 8.82. The van der Waals surface area contributed by atoms with Crippen molar-refractivity contribution in [3.63, 3.8) is 0 Å². The fourth-order valence-electron chi connectivity index (χ4n) is 3.78. The standard InChI is InChI=1S/C23H25N3O3/c27-22(10-9-17-5-2-1-3-6-17)26-13-11-19(16-26)25-23(28)24-15-18-7-4-8-21-20(18)12-14-29-21/h1-8,12,14,19H,9-11,13,15-16H2,(H2,24,25,28). The van der Waals surface area contributed by atoms with Gasteiger partial charge in [0.05, 0.1) is 6.26 Å². The van der Waals surface area contributed by atoms with Crippen LogP contribution in [0.5, 0.6) is 0 Å². The van der Waals surface area contributed by atoms with Crippen LogP contribution >= 0.6 is 0 Å². The maximum Gasteiger partial charge on any atom is 0.315 e. The molecule has 150 valence electrons. The maximum atomic E-state index is 12.4. The van der Waals surface area contributed by atoms with E-state index < -0.39 is 0 Å². The number of urea groups is 1. The number of nitrogens with one attached hydrogen (secondary N) is 2. The average Bonchev–Trinajstić information content (AvgIpc) is 3.41. The van der Waals surface area contributed by atoms with E-state index in [0.29, 0.717) is 26.1 Å². The third kappa shape index (κ3) is 4.77. The van der Waals surface area contributed by atoms with Crippen molar-refractivity contribution in [2.24, 2.45) is 0 Å². The van der Waals surface area contributed by atoms with Crippen LogP contribution in [0.4, 0.5) is 4.79 Å². The molecule has 2 heterocycles. The number of amides is 3. The SMILES string of the molecule is O=C(NCc1cccc2occc12)NC1CCN(C(=O)CCc2ccccc2)C1. The summed E-state index contributed by atoms with van der Waals surface area (Å²) in [5, 5.41) is 6.89. The number of fused-ring (bicyclic) bond motifs is 1. The Balaban J connectivity index is 1.21. The molecule has 2 N–H and O–H groups in total. The summed E-state index contributed by atoms with van der Waals surface area (Å²) in [6.45, 7) is 1.68. The van der Waals surface area contributed by atoms with Gasteiger partial charge in [0.2, 0.25) is 5.91 Å². The lowest BCUT2D eigenvalue weighted by atomic mass is 10.1. The molecule has 1 aliphatic rings. The third-order valence-electron chi connectivity index (χ3n) is 5.37. The molecule has 4 rings (SSSR count). The fraction of sp³-hybridized carbons (Fsp3) is 0.304. The van der Waals surface area contributed by atoms with E-state index in [1.807, 2.05) is 59.5 Å². The zero-order chi connectivity index (χ0) is 20.1. The Kier molecular flexibility index (Phi) is 5.79. The van der Waals surface area contributed by atoms with E-state index in [4.69, 9.17) is 4.42 Å². The normalized spacial score (nSPS) is 16.1. The van der Waals surface area contributed by atoms with Crippen LogP contribution in [-0.4, -0.2) is 36.0 Å². The average molecular weight is 391 g/mol. The third-order valence-corrected chi connectivity index (χ3v) is 5.37. The van der Waals surface area contributed by atoms with Crippen LogP contribution in [0, 0.1) is 0 Å². The summed E-state index contributed by atoms with van der Waals surface area (Å²) < 4.78 is 5.39. The molecule has 0 spiro atoms. The van der Waals surface area contributed by atoms with Crippen LogP contribution in [0.3, 0.4) is 0 Å². The molecule has 6 heteroatoms. The summed E-state index contributed by atoms with van der Waals surface area (Å²) in [6, 6.07) is 17.5. The lowest BCUT2D eigenvalue weighted by Crippen LogP contribution is -2.43. The number of rotatable bonds is 6. The topological polar surface area (TPSA) is 74.6 Å². The minimum atomic E-state index is -0.214. The highest BCUT2D eigenvalue weighted by Crippen LogP contribution is 2.19. The van der Waals surface area contributed by atoms with Crippen molar-refractivity contribution < 1.29 is 14.0 Å². The number of carbonyl (C=O) groups excluding carboxylic acids is 2. The quantitative estimate of drug-likeness (QED) is 0.676. The smallest absolute Gasteiger partial charge is 0.315 e. The number of hydrogen-bond donors (Lipinski definition) is 2. The summed E-state index contributed by atoms with van der Waals surface area (Å²) in [5.74, 6) is 0.144. The molecular formula is C23H25N3O3. The second-order valence-electron chi connectivity index (χ2n) is 7.39. The van der Waals surface area contributed by atoms with E-state index in [-0.39, 0.29) is 18.0 Å². The lowest BCUT2D eigenvalue weighted by molar-refractivity contribution is -0.130. The van der Waals surface area contributed by atoms with Crippen LogP contribution in [-0.2, 0) is 17.8 Å². The van der Waals surface area contributed by atoms with Crippen molar-refractivity contribution >= 4 is 22.9 Å². The summed E-state index contributed by atoms with van der Waals surface area (Å²) >= 11 is 0. The van der Waals surface area contributed by atoms with E-state index in [9.17, 15) is 9.59 Å². The predicted molar refractivity (Wildman–Crippen MR) is 111 cm³/mol. The maximum absolute atomic E-state index is 12.4. The van der Waals surface area contributed by atoms with Crippen LogP contribution in [0.1, 0.15) is 24.0 Å². The van der Waals surface area contributed by atoms with Gasteiger partial charge in [0, 0.05) is 37.5 Å². The molecule has 0 saturated carbocycles. The number of furan rings is 1. The van der Waals surface area contributed by atoms with Crippen molar-refractivity contribution in [1.82, 2.24) is 15.5 Å². The lowest BCUT2D eigenvalue weighted by Gasteiger charge is -2.17. The Morgan fingerprint density at radius 3 is 2.79 bits per heavy atom. The van der Waals surface area contributed by atoms with Gasteiger partial charge in [0.25, 0.3) is 0 Å². The van der Waals surface area contributed by atoms with E-state index >= 15 is 0 Å². The van der Waals surface area contributed by atoms with Gasteiger partial charge in [0.1, 0.15) is 5.58 Å². The van der Waals surface area contributed by atoms with E-state index in [2.05, 4.69) is 10.6 Å². The zero-order valence-corrected chi connectivity index (χ0v) is 16.3. The van der Waals surface area contributed by atoms with Gasteiger partial charge in [-0.3, -0.25) is 4.79 Å². The summed E-state index contributed by atoms with van der Waals surface area (Å²) in [5.41, 5.74) is 2.99. The first-order valence-corrected chi connectivity index (χ1v) is 10.0. The number of likely N-dealkylation sites (tertiary alicyclic amines) is 1. The zero-order valence-electron chi connectivity index (χ0n) is 16.3. The van der Waals surface area contributed by atoms with Crippen molar-refractivity contribution in [2.75, 3.05) is 13.1 Å². The molecule has 6 nitrogen and oxygen atoms in total. The van der Waals surface area contributed by atoms with Gasteiger partial charge in [-0.2, -0.15) is 0 Å². The Morgan fingerprint density at radius 1 is 1.07 bits per heavy atom. The minimum Gasteiger partial charge on any atom is -0.464 e. The van der Waals surface area contributed by atoms with E-state index in [1.165, 1.54) is 5.56 Å². The largest absolute Gasteiger partial charge is 0.464 e. The van der Waals surface area contributed by atoms with Crippen LogP contribution < -0.4 is 10.6 Å². The fourth-order valence-corrected chi connectivity index (χ4v) is 3.78. The second-order valence-corrected chi connectivity index (χ2v) is 7.39. The van der Waals surface area contributed by atoms with Gasteiger partial charge in [-0.1, -0.05) is 42.5 Å². The number of nitrogens with zero attached hydrogens (tertiary/aromatic N) is 1. The Bertz CT molecular complexity index is 983. The van der Waals surface area contributed by atoms with Gasteiger partial charge in [-0.25, -0.2) is 4.79 Å². The molecule has 1 unspecified atom stereocenters. The Labute approximate surface area is 169 Å².